The summed E-state index contributed by atoms with van der Waals surface area (Å²) in [4.78, 5) is 11.3. The predicted molar refractivity (Wildman–Crippen MR) is 77.7 cm³/mol. The maximum atomic E-state index is 11.3. The molecule has 21 heavy (non-hydrogen) atoms. The number of hydrogen-bond acceptors (Lipinski definition) is 3. The van der Waals surface area contributed by atoms with E-state index in [0.717, 1.165) is 17.5 Å². The second-order valence-electron chi connectivity index (χ2n) is 4.94. The average molecular weight is 284 g/mol. The third-order valence-electron chi connectivity index (χ3n) is 3.67. The summed E-state index contributed by atoms with van der Waals surface area (Å²) in [6.07, 6.45) is -0.469. The van der Waals surface area contributed by atoms with E-state index in [0.29, 0.717) is 11.5 Å². The van der Waals surface area contributed by atoms with Crippen molar-refractivity contribution < 1.29 is 19.4 Å². The SMILES string of the molecule is CCC1c2ccccc2OC(C(=O)O)Oc2ccccc21. The Balaban J connectivity index is 2.19. The Hall–Kier alpha value is -2.49. The number of fused-ring (bicyclic) bond motifs is 2. The molecule has 1 N–H and O–H groups in total. The normalized spacial score (nSPS) is 20.0. The molecule has 2 aromatic carbocycles. The van der Waals surface area contributed by atoms with Crippen molar-refractivity contribution in [3.63, 3.8) is 0 Å². The Bertz CT molecular complexity index is 616. The Morgan fingerprint density at radius 1 is 1.00 bits per heavy atom. The number of benzene rings is 2. The highest BCUT2D eigenvalue weighted by molar-refractivity contribution is 5.72. The monoisotopic (exact) mass is 284 g/mol. The van der Waals surface area contributed by atoms with Crippen molar-refractivity contribution >= 4 is 5.97 Å². The van der Waals surface area contributed by atoms with E-state index in [2.05, 4.69) is 6.92 Å². The van der Waals surface area contributed by atoms with Crippen molar-refractivity contribution in [1.29, 1.82) is 0 Å². The second kappa shape index (κ2) is 5.48. The number of aliphatic carboxylic acids is 1. The molecule has 108 valence electrons. The highest BCUT2D eigenvalue weighted by Crippen LogP contribution is 2.40. The molecule has 0 saturated heterocycles. The molecule has 1 aliphatic rings. The summed E-state index contributed by atoms with van der Waals surface area (Å²) in [7, 11) is 0. The molecule has 4 nitrogen and oxygen atoms in total. The van der Waals surface area contributed by atoms with Gasteiger partial charge in [0.05, 0.1) is 0 Å². The first-order chi connectivity index (χ1) is 10.2. The molecule has 0 saturated carbocycles. The van der Waals surface area contributed by atoms with Gasteiger partial charge >= 0.3 is 12.3 Å². The van der Waals surface area contributed by atoms with Gasteiger partial charge in [0.25, 0.3) is 0 Å². The summed E-state index contributed by atoms with van der Waals surface area (Å²) in [5, 5.41) is 9.28. The fraction of sp³-hybridized carbons (Fsp3) is 0.235. The van der Waals surface area contributed by atoms with Gasteiger partial charge in [-0.25, -0.2) is 4.79 Å². The van der Waals surface area contributed by atoms with Crippen molar-refractivity contribution in [1.82, 2.24) is 0 Å². The van der Waals surface area contributed by atoms with Gasteiger partial charge in [-0.3, -0.25) is 0 Å². The molecule has 0 fully saturated rings. The molecule has 0 aliphatic carbocycles. The largest absolute Gasteiger partial charge is 0.476 e. The van der Waals surface area contributed by atoms with Gasteiger partial charge in [-0.1, -0.05) is 43.3 Å². The number of carboxylic acids is 1. The van der Waals surface area contributed by atoms with Gasteiger partial charge < -0.3 is 14.6 Å². The topological polar surface area (TPSA) is 55.8 Å². The predicted octanol–water partition coefficient (Wildman–Crippen LogP) is 3.41. The minimum atomic E-state index is -1.34. The molecule has 4 heteroatoms. The zero-order valence-electron chi connectivity index (χ0n) is 11.7. The van der Waals surface area contributed by atoms with E-state index >= 15 is 0 Å². The summed E-state index contributed by atoms with van der Waals surface area (Å²) in [6, 6.07) is 15.1. The summed E-state index contributed by atoms with van der Waals surface area (Å²) < 4.78 is 11.1. The van der Waals surface area contributed by atoms with Crippen LogP contribution < -0.4 is 9.47 Å². The van der Waals surface area contributed by atoms with E-state index in [1.165, 1.54) is 0 Å². The lowest BCUT2D eigenvalue weighted by Gasteiger charge is -2.28. The minimum absolute atomic E-state index is 0.118. The van der Waals surface area contributed by atoms with E-state index < -0.39 is 12.3 Å². The van der Waals surface area contributed by atoms with Gasteiger partial charge in [0.1, 0.15) is 11.5 Å². The van der Waals surface area contributed by atoms with Crippen LogP contribution in [0.25, 0.3) is 0 Å². The molecule has 1 heterocycles. The van der Waals surface area contributed by atoms with Gasteiger partial charge in [-0.15, -0.1) is 0 Å². The summed E-state index contributed by atoms with van der Waals surface area (Å²) in [5.41, 5.74) is 1.98. The van der Waals surface area contributed by atoms with Crippen LogP contribution in [0.1, 0.15) is 30.4 Å². The van der Waals surface area contributed by atoms with Crippen LogP contribution in [0.15, 0.2) is 48.5 Å². The van der Waals surface area contributed by atoms with E-state index in [4.69, 9.17) is 9.47 Å². The third kappa shape index (κ3) is 2.44. The summed E-state index contributed by atoms with van der Waals surface area (Å²) in [6.45, 7) is 2.09. The minimum Gasteiger partial charge on any atom is -0.476 e. The zero-order chi connectivity index (χ0) is 14.8. The molecule has 1 aliphatic heterocycles. The average Bonchev–Trinajstić information content (AvgIpc) is 2.48. The van der Waals surface area contributed by atoms with Crippen LogP contribution in [0.2, 0.25) is 0 Å². The van der Waals surface area contributed by atoms with Gasteiger partial charge in [-0.2, -0.15) is 0 Å². The van der Waals surface area contributed by atoms with Crippen LogP contribution in [-0.2, 0) is 4.79 Å². The molecule has 0 atom stereocenters. The van der Waals surface area contributed by atoms with Crippen LogP contribution >= 0.6 is 0 Å². The van der Waals surface area contributed by atoms with Crippen LogP contribution in [0.3, 0.4) is 0 Å². The lowest BCUT2D eigenvalue weighted by Crippen LogP contribution is -2.34. The Kier molecular flexibility index (Phi) is 3.52. The van der Waals surface area contributed by atoms with Crippen molar-refractivity contribution in [2.45, 2.75) is 25.6 Å². The molecule has 0 radical (unpaired) electrons. The molecule has 0 spiro atoms. The fourth-order valence-corrected chi connectivity index (χ4v) is 2.71. The van der Waals surface area contributed by atoms with E-state index in [1.807, 2.05) is 36.4 Å². The highest BCUT2D eigenvalue weighted by atomic mass is 16.7. The van der Waals surface area contributed by atoms with E-state index in [1.54, 1.807) is 12.1 Å². The maximum absolute atomic E-state index is 11.3. The number of para-hydroxylation sites is 2. The van der Waals surface area contributed by atoms with Crippen LogP contribution in [0.5, 0.6) is 11.5 Å². The second-order valence-corrected chi connectivity index (χ2v) is 4.94. The number of ether oxygens (including phenoxy) is 2. The van der Waals surface area contributed by atoms with E-state index in [-0.39, 0.29) is 5.92 Å². The molecule has 0 bridgehead atoms. The van der Waals surface area contributed by atoms with Gasteiger partial charge in [0.2, 0.25) is 0 Å². The highest BCUT2D eigenvalue weighted by Gasteiger charge is 2.30. The summed E-state index contributed by atoms with van der Waals surface area (Å²) in [5.74, 6) is 0.0965. The molecular weight excluding hydrogens is 268 g/mol. The Labute approximate surface area is 122 Å². The standard InChI is InChI=1S/C17H16O4/c1-2-11-12-7-3-5-9-14(12)20-17(16(18)19)21-15-10-6-4-8-13(11)15/h3-11,17H,2H2,1H3,(H,18,19). The molecule has 0 aromatic heterocycles. The Morgan fingerprint density at radius 2 is 1.48 bits per heavy atom. The van der Waals surface area contributed by atoms with Crippen LogP contribution in [0, 0.1) is 0 Å². The number of hydrogen-bond donors (Lipinski definition) is 1. The van der Waals surface area contributed by atoms with Crippen molar-refractivity contribution in [2.75, 3.05) is 0 Å². The van der Waals surface area contributed by atoms with Crippen molar-refractivity contribution in [3.05, 3.63) is 59.7 Å². The fourth-order valence-electron chi connectivity index (χ4n) is 2.71. The van der Waals surface area contributed by atoms with Gasteiger partial charge in [-0.05, 0) is 18.6 Å². The first-order valence-electron chi connectivity index (χ1n) is 6.94. The molecule has 2 aromatic rings. The zero-order valence-corrected chi connectivity index (χ0v) is 11.7. The quantitative estimate of drug-likeness (QED) is 0.918. The molecule has 0 amide bonds. The lowest BCUT2D eigenvalue weighted by molar-refractivity contribution is -0.158. The van der Waals surface area contributed by atoms with Crippen LogP contribution in [0.4, 0.5) is 0 Å². The summed E-state index contributed by atoms with van der Waals surface area (Å²) >= 11 is 0. The first-order valence-corrected chi connectivity index (χ1v) is 6.94. The first kappa shape index (κ1) is 13.5. The molecular formula is C17H16O4. The number of rotatable bonds is 2. The van der Waals surface area contributed by atoms with Gasteiger partial charge in [0, 0.05) is 17.0 Å². The smallest absolute Gasteiger partial charge is 0.387 e. The van der Waals surface area contributed by atoms with Crippen molar-refractivity contribution in [3.8, 4) is 11.5 Å². The molecule has 3 rings (SSSR count). The third-order valence-corrected chi connectivity index (χ3v) is 3.67. The van der Waals surface area contributed by atoms with Crippen molar-refractivity contribution in [2.24, 2.45) is 0 Å². The van der Waals surface area contributed by atoms with Gasteiger partial charge in [0.15, 0.2) is 0 Å². The van der Waals surface area contributed by atoms with Crippen LogP contribution in [-0.4, -0.2) is 17.4 Å². The number of carboxylic acid groups (broad SMARTS) is 1. The Morgan fingerprint density at radius 3 is 1.90 bits per heavy atom. The lowest BCUT2D eigenvalue weighted by atomic mass is 9.87. The number of carbonyl (C=O) groups is 1. The maximum Gasteiger partial charge on any atom is 0.387 e. The molecule has 0 unspecified atom stereocenters. The van der Waals surface area contributed by atoms with E-state index in [9.17, 15) is 9.90 Å².